The Morgan fingerprint density at radius 1 is 0.964 bits per heavy atom. The van der Waals surface area contributed by atoms with Crippen molar-refractivity contribution < 1.29 is 9.53 Å². The van der Waals surface area contributed by atoms with E-state index in [4.69, 9.17) is 4.74 Å². The molecule has 0 unspecified atom stereocenters. The highest BCUT2D eigenvalue weighted by Gasteiger charge is 2.26. The molecule has 2 aromatic carbocycles. The lowest BCUT2D eigenvalue weighted by Gasteiger charge is -2.36. The fraction of sp³-hybridized carbons (Fsp3) is 0.458. The summed E-state index contributed by atoms with van der Waals surface area (Å²) in [6.45, 7) is 12.6. The molecular weight excluding hydrogens is 348 g/mol. The number of benzene rings is 2. The third kappa shape index (κ3) is 5.35. The van der Waals surface area contributed by atoms with E-state index < -0.39 is 6.10 Å². The van der Waals surface area contributed by atoms with Gasteiger partial charge in [-0.3, -0.25) is 9.69 Å². The fourth-order valence-corrected chi connectivity index (χ4v) is 3.51. The van der Waals surface area contributed by atoms with Crippen LogP contribution in [0.25, 0.3) is 0 Å². The number of nitrogens with zero attached hydrogens (tertiary/aromatic N) is 2. The maximum atomic E-state index is 12.8. The zero-order chi connectivity index (χ0) is 20.1. The van der Waals surface area contributed by atoms with Gasteiger partial charge in [0, 0.05) is 32.7 Å². The average Bonchev–Trinajstić information content (AvgIpc) is 2.68. The van der Waals surface area contributed by atoms with Gasteiger partial charge in [-0.25, -0.2) is 0 Å². The summed E-state index contributed by atoms with van der Waals surface area (Å²) >= 11 is 0. The minimum absolute atomic E-state index is 0.0688. The van der Waals surface area contributed by atoms with Gasteiger partial charge in [0.1, 0.15) is 5.75 Å². The molecule has 28 heavy (non-hydrogen) atoms. The van der Waals surface area contributed by atoms with Crippen molar-refractivity contribution in [3.8, 4) is 5.75 Å². The van der Waals surface area contributed by atoms with E-state index in [1.54, 1.807) is 0 Å². The maximum absolute atomic E-state index is 12.8. The van der Waals surface area contributed by atoms with Crippen molar-refractivity contribution in [2.75, 3.05) is 26.2 Å². The number of hydrogen-bond donors (Lipinski definition) is 0. The van der Waals surface area contributed by atoms with Gasteiger partial charge >= 0.3 is 0 Å². The van der Waals surface area contributed by atoms with Crippen LogP contribution >= 0.6 is 0 Å². The monoisotopic (exact) mass is 380 g/mol. The molecule has 0 aliphatic carbocycles. The van der Waals surface area contributed by atoms with Gasteiger partial charge in [-0.05, 0) is 35.6 Å². The van der Waals surface area contributed by atoms with Crippen molar-refractivity contribution in [3.05, 3.63) is 65.7 Å². The first-order valence-electron chi connectivity index (χ1n) is 10.2. The lowest BCUT2D eigenvalue weighted by atomic mass is 9.87. The predicted molar refractivity (Wildman–Crippen MR) is 114 cm³/mol. The standard InChI is InChI=1S/C24H32N2O2/c1-19(28-22-12-10-21(11-13-22)24(2,3)4)23(27)26-16-14-25(15-17-26)18-20-8-6-5-7-9-20/h5-13,19H,14-18H2,1-4H3/t19-/m1/s1. The summed E-state index contributed by atoms with van der Waals surface area (Å²) in [6, 6.07) is 18.6. The Bertz CT molecular complexity index is 757. The van der Waals surface area contributed by atoms with Crippen LogP contribution in [0.1, 0.15) is 38.8 Å². The van der Waals surface area contributed by atoms with Crippen molar-refractivity contribution in [2.45, 2.75) is 45.8 Å². The molecule has 4 heteroatoms. The first kappa shape index (κ1) is 20.4. The van der Waals surface area contributed by atoms with Gasteiger partial charge in [-0.15, -0.1) is 0 Å². The summed E-state index contributed by atoms with van der Waals surface area (Å²) in [4.78, 5) is 17.1. The zero-order valence-electron chi connectivity index (χ0n) is 17.5. The normalized spacial score (nSPS) is 16.6. The maximum Gasteiger partial charge on any atom is 0.263 e. The molecule has 0 spiro atoms. The van der Waals surface area contributed by atoms with Crippen LogP contribution in [-0.4, -0.2) is 48.0 Å². The zero-order valence-corrected chi connectivity index (χ0v) is 17.5. The Labute approximate surface area is 169 Å². The number of carbonyl (C=O) groups excluding carboxylic acids is 1. The second-order valence-electron chi connectivity index (χ2n) is 8.62. The SMILES string of the molecule is C[C@@H](Oc1ccc(C(C)(C)C)cc1)C(=O)N1CCN(Cc2ccccc2)CC1. The Morgan fingerprint density at radius 2 is 1.57 bits per heavy atom. The Morgan fingerprint density at radius 3 is 2.14 bits per heavy atom. The van der Waals surface area contributed by atoms with Gasteiger partial charge < -0.3 is 9.64 Å². The third-order valence-electron chi connectivity index (χ3n) is 5.31. The molecule has 150 valence electrons. The first-order chi connectivity index (χ1) is 13.3. The summed E-state index contributed by atoms with van der Waals surface area (Å²) in [5, 5.41) is 0. The second kappa shape index (κ2) is 8.78. The molecule has 1 aliphatic heterocycles. The average molecular weight is 381 g/mol. The van der Waals surface area contributed by atoms with E-state index in [0.717, 1.165) is 38.5 Å². The van der Waals surface area contributed by atoms with Crippen LogP contribution in [0.5, 0.6) is 5.75 Å². The summed E-state index contributed by atoms with van der Waals surface area (Å²) in [5.41, 5.74) is 2.69. The van der Waals surface area contributed by atoms with E-state index in [1.165, 1.54) is 11.1 Å². The summed E-state index contributed by atoms with van der Waals surface area (Å²) in [6.07, 6.45) is -0.471. The minimum Gasteiger partial charge on any atom is -0.481 e. The Kier molecular flexibility index (Phi) is 6.40. The van der Waals surface area contributed by atoms with E-state index in [-0.39, 0.29) is 11.3 Å². The van der Waals surface area contributed by atoms with E-state index in [0.29, 0.717) is 0 Å². The number of rotatable bonds is 5. The quantitative estimate of drug-likeness (QED) is 0.783. The smallest absolute Gasteiger partial charge is 0.263 e. The molecule has 1 atom stereocenters. The molecule has 4 nitrogen and oxygen atoms in total. The molecule has 1 amide bonds. The fourth-order valence-electron chi connectivity index (χ4n) is 3.51. The van der Waals surface area contributed by atoms with E-state index in [9.17, 15) is 4.79 Å². The van der Waals surface area contributed by atoms with Crippen molar-refractivity contribution in [2.24, 2.45) is 0 Å². The second-order valence-corrected chi connectivity index (χ2v) is 8.62. The molecule has 1 heterocycles. The van der Waals surface area contributed by atoms with Crippen LogP contribution in [0.3, 0.4) is 0 Å². The summed E-state index contributed by atoms with van der Waals surface area (Å²) in [7, 11) is 0. The van der Waals surface area contributed by atoms with Crippen LogP contribution in [0, 0.1) is 0 Å². The molecule has 2 aromatic rings. The van der Waals surface area contributed by atoms with E-state index >= 15 is 0 Å². The van der Waals surface area contributed by atoms with Gasteiger partial charge in [0.15, 0.2) is 6.10 Å². The molecule has 0 saturated carbocycles. The Balaban J connectivity index is 1.49. The number of ether oxygens (including phenoxy) is 1. The first-order valence-corrected chi connectivity index (χ1v) is 10.2. The van der Waals surface area contributed by atoms with Crippen molar-refractivity contribution in [3.63, 3.8) is 0 Å². The Hall–Kier alpha value is -2.33. The lowest BCUT2D eigenvalue weighted by Crippen LogP contribution is -2.51. The van der Waals surface area contributed by atoms with Gasteiger partial charge in [0.25, 0.3) is 5.91 Å². The van der Waals surface area contributed by atoms with Crippen LogP contribution in [-0.2, 0) is 16.8 Å². The topological polar surface area (TPSA) is 32.8 Å². The molecule has 1 aliphatic rings. The number of piperazine rings is 1. The van der Waals surface area contributed by atoms with Gasteiger partial charge in [0.05, 0.1) is 0 Å². The molecule has 3 rings (SSSR count). The van der Waals surface area contributed by atoms with Crippen LogP contribution in [0.15, 0.2) is 54.6 Å². The highest BCUT2D eigenvalue weighted by molar-refractivity contribution is 5.81. The number of hydrogen-bond acceptors (Lipinski definition) is 3. The third-order valence-corrected chi connectivity index (χ3v) is 5.31. The van der Waals surface area contributed by atoms with Crippen molar-refractivity contribution in [1.29, 1.82) is 0 Å². The van der Waals surface area contributed by atoms with Gasteiger partial charge in [0.2, 0.25) is 0 Å². The minimum atomic E-state index is -0.471. The van der Waals surface area contributed by atoms with Crippen molar-refractivity contribution in [1.82, 2.24) is 9.80 Å². The van der Waals surface area contributed by atoms with Gasteiger partial charge in [-0.2, -0.15) is 0 Å². The molecule has 1 saturated heterocycles. The summed E-state index contributed by atoms with van der Waals surface area (Å²) < 4.78 is 5.91. The largest absolute Gasteiger partial charge is 0.481 e. The van der Waals surface area contributed by atoms with E-state index in [1.807, 2.05) is 30.0 Å². The molecular formula is C24H32N2O2. The van der Waals surface area contributed by atoms with Crippen LogP contribution < -0.4 is 4.74 Å². The summed E-state index contributed by atoms with van der Waals surface area (Å²) in [5.74, 6) is 0.816. The molecule has 0 N–H and O–H groups in total. The molecule has 1 fully saturated rings. The van der Waals surface area contributed by atoms with Crippen LogP contribution in [0.4, 0.5) is 0 Å². The highest BCUT2D eigenvalue weighted by Crippen LogP contribution is 2.25. The van der Waals surface area contributed by atoms with Crippen LogP contribution in [0.2, 0.25) is 0 Å². The molecule has 0 bridgehead atoms. The molecule has 0 aromatic heterocycles. The van der Waals surface area contributed by atoms with E-state index in [2.05, 4.69) is 62.1 Å². The molecule has 0 radical (unpaired) electrons. The number of carbonyl (C=O) groups is 1. The van der Waals surface area contributed by atoms with Gasteiger partial charge in [-0.1, -0.05) is 63.2 Å². The predicted octanol–water partition coefficient (Wildman–Crippen LogP) is 4.10. The van der Waals surface area contributed by atoms with Crippen molar-refractivity contribution >= 4 is 5.91 Å². The lowest BCUT2D eigenvalue weighted by molar-refractivity contribution is -0.139. The number of amides is 1. The highest BCUT2D eigenvalue weighted by atomic mass is 16.5.